The van der Waals surface area contributed by atoms with E-state index in [-0.39, 0.29) is 29.1 Å². The molecule has 0 aliphatic carbocycles. The molecule has 0 spiro atoms. The van der Waals surface area contributed by atoms with Crippen LogP contribution in [-0.4, -0.2) is 26.1 Å². The number of thioether (sulfide) groups is 1. The predicted molar refractivity (Wildman–Crippen MR) is 89.8 cm³/mol. The second kappa shape index (κ2) is 7.28. The zero-order valence-corrected chi connectivity index (χ0v) is 14.0. The van der Waals surface area contributed by atoms with Gasteiger partial charge in [-0.2, -0.15) is 0 Å². The molecule has 0 aliphatic heterocycles. The zero-order valence-electron chi connectivity index (χ0n) is 13.1. The Morgan fingerprint density at radius 3 is 2.87 bits per heavy atom. The summed E-state index contributed by atoms with van der Waals surface area (Å²) in [4.78, 5) is 26.8. The molecule has 1 aromatic heterocycles. The van der Waals surface area contributed by atoms with Gasteiger partial charge in [0, 0.05) is 24.5 Å². The number of nitrogens with one attached hydrogen (secondary N) is 1. The third kappa shape index (κ3) is 4.32. The Bertz CT molecular complexity index is 727. The van der Waals surface area contributed by atoms with Crippen molar-refractivity contribution in [1.82, 2.24) is 9.55 Å². The molecule has 2 aromatic rings. The molecule has 0 fully saturated rings. The van der Waals surface area contributed by atoms with Crippen LogP contribution >= 0.6 is 11.8 Å². The van der Waals surface area contributed by atoms with Gasteiger partial charge in [-0.1, -0.05) is 17.8 Å². The third-order valence-corrected chi connectivity index (χ3v) is 4.13. The number of carbonyl (C=O) groups excluding carboxylic acids is 1. The van der Waals surface area contributed by atoms with Gasteiger partial charge in [0.2, 0.25) is 5.91 Å². The van der Waals surface area contributed by atoms with E-state index in [9.17, 15) is 14.9 Å². The summed E-state index contributed by atoms with van der Waals surface area (Å²) < 4.78 is 1.96. The van der Waals surface area contributed by atoms with E-state index >= 15 is 0 Å². The molecule has 8 heteroatoms. The standard InChI is InChI=1S/C15H18N4O3S/c1-10(2)18-7-6-16-15(18)23-9-14(20)17-12-5-4-11(3)8-13(12)19(21)22/h4-8,10H,9H2,1-3H3,(H,17,20). The molecule has 1 amide bonds. The Hall–Kier alpha value is -2.35. The van der Waals surface area contributed by atoms with Crippen molar-refractivity contribution < 1.29 is 9.72 Å². The maximum atomic E-state index is 12.1. The van der Waals surface area contributed by atoms with Crippen molar-refractivity contribution in [2.75, 3.05) is 11.1 Å². The minimum absolute atomic E-state index is 0.105. The van der Waals surface area contributed by atoms with Crippen molar-refractivity contribution in [3.8, 4) is 0 Å². The van der Waals surface area contributed by atoms with Crippen molar-refractivity contribution in [2.24, 2.45) is 0 Å². The van der Waals surface area contributed by atoms with E-state index in [2.05, 4.69) is 10.3 Å². The van der Waals surface area contributed by atoms with Crippen molar-refractivity contribution in [3.05, 3.63) is 46.3 Å². The summed E-state index contributed by atoms with van der Waals surface area (Å²) in [5.74, 6) is -0.172. The van der Waals surface area contributed by atoms with Gasteiger partial charge in [-0.3, -0.25) is 14.9 Å². The molecular formula is C15H18N4O3S. The van der Waals surface area contributed by atoms with Gasteiger partial charge < -0.3 is 9.88 Å². The summed E-state index contributed by atoms with van der Waals surface area (Å²) >= 11 is 1.30. The number of nitrogens with zero attached hydrogens (tertiary/aromatic N) is 3. The number of carbonyl (C=O) groups is 1. The van der Waals surface area contributed by atoms with Gasteiger partial charge >= 0.3 is 0 Å². The highest BCUT2D eigenvalue weighted by atomic mass is 32.2. The lowest BCUT2D eigenvalue weighted by molar-refractivity contribution is -0.384. The summed E-state index contributed by atoms with van der Waals surface area (Å²) in [6, 6.07) is 4.96. The molecule has 23 heavy (non-hydrogen) atoms. The number of nitro groups is 1. The van der Waals surface area contributed by atoms with Crippen LogP contribution in [0.25, 0.3) is 0 Å². The second-order valence-corrected chi connectivity index (χ2v) is 6.27. The molecule has 0 saturated carbocycles. The molecule has 2 rings (SSSR count). The monoisotopic (exact) mass is 334 g/mol. The summed E-state index contributed by atoms with van der Waals surface area (Å²) in [5.41, 5.74) is 0.869. The summed E-state index contributed by atoms with van der Waals surface area (Å²) in [6.07, 6.45) is 3.54. The van der Waals surface area contributed by atoms with Crippen LogP contribution in [0.1, 0.15) is 25.5 Å². The van der Waals surface area contributed by atoms with Crippen LogP contribution in [-0.2, 0) is 4.79 Å². The molecule has 0 bridgehead atoms. The first-order valence-corrected chi connectivity index (χ1v) is 8.07. The molecule has 1 N–H and O–H groups in total. The van der Waals surface area contributed by atoms with E-state index in [4.69, 9.17) is 0 Å². The van der Waals surface area contributed by atoms with Crippen LogP contribution in [0.2, 0.25) is 0 Å². The number of imidazole rings is 1. The number of hydrogen-bond donors (Lipinski definition) is 1. The molecule has 1 aromatic carbocycles. The highest BCUT2D eigenvalue weighted by Gasteiger charge is 2.16. The predicted octanol–water partition coefficient (Wildman–Crippen LogP) is 3.41. The Kier molecular flexibility index (Phi) is 5.38. The lowest BCUT2D eigenvalue weighted by Gasteiger charge is -2.11. The van der Waals surface area contributed by atoms with E-state index in [1.165, 1.54) is 17.8 Å². The van der Waals surface area contributed by atoms with Gasteiger partial charge in [-0.15, -0.1) is 0 Å². The number of amides is 1. The van der Waals surface area contributed by atoms with Crippen LogP contribution in [0.3, 0.4) is 0 Å². The third-order valence-electron chi connectivity index (χ3n) is 3.15. The molecule has 122 valence electrons. The fraction of sp³-hybridized carbons (Fsp3) is 0.333. The van der Waals surface area contributed by atoms with Crippen molar-refractivity contribution in [1.29, 1.82) is 0 Å². The Morgan fingerprint density at radius 1 is 1.48 bits per heavy atom. The number of aromatic nitrogens is 2. The number of aryl methyl sites for hydroxylation is 1. The number of hydrogen-bond acceptors (Lipinski definition) is 5. The number of rotatable bonds is 6. The minimum atomic E-state index is -0.499. The average molecular weight is 334 g/mol. The molecule has 0 unspecified atom stereocenters. The maximum absolute atomic E-state index is 12.1. The van der Waals surface area contributed by atoms with Crippen molar-refractivity contribution in [3.63, 3.8) is 0 Å². The van der Waals surface area contributed by atoms with Gasteiger partial charge in [0.25, 0.3) is 5.69 Å². The van der Waals surface area contributed by atoms with Crippen LogP contribution in [0, 0.1) is 17.0 Å². The van der Waals surface area contributed by atoms with Crippen molar-refractivity contribution in [2.45, 2.75) is 32.0 Å². The molecule has 0 atom stereocenters. The van der Waals surface area contributed by atoms with Crippen LogP contribution < -0.4 is 5.32 Å². The Morgan fingerprint density at radius 2 is 2.22 bits per heavy atom. The fourth-order valence-corrected chi connectivity index (χ4v) is 2.91. The highest BCUT2D eigenvalue weighted by molar-refractivity contribution is 7.99. The first-order valence-electron chi connectivity index (χ1n) is 7.09. The first kappa shape index (κ1) is 17.0. The van der Waals surface area contributed by atoms with E-state index in [0.717, 1.165) is 10.7 Å². The number of anilines is 1. The lowest BCUT2D eigenvalue weighted by Crippen LogP contribution is -2.16. The lowest BCUT2D eigenvalue weighted by atomic mass is 10.2. The second-order valence-electron chi connectivity index (χ2n) is 5.33. The SMILES string of the molecule is Cc1ccc(NC(=O)CSc2nccn2C(C)C)c([N+](=O)[O-])c1. The smallest absolute Gasteiger partial charge is 0.293 e. The average Bonchev–Trinajstić information content (AvgIpc) is 2.95. The Balaban J connectivity index is 2.03. The van der Waals surface area contributed by atoms with Gasteiger partial charge in [-0.05, 0) is 32.4 Å². The number of benzene rings is 1. The highest BCUT2D eigenvalue weighted by Crippen LogP contribution is 2.26. The molecular weight excluding hydrogens is 316 g/mol. The Labute approximate surface area is 138 Å². The van der Waals surface area contributed by atoms with Gasteiger partial charge in [0.05, 0.1) is 10.7 Å². The van der Waals surface area contributed by atoms with E-state index in [1.807, 2.05) is 24.6 Å². The first-order chi connectivity index (χ1) is 10.9. The summed E-state index contributed by atoms with van der Waals surface area (Å²) in [7, 11) is 0. The van der Waals surface area contributed by atoms with Crippen LogP contribution in [0.4, 0.5) is 11.4 Å². The van der Waals surface area contributed by atoms with Gasteiger partial charge in [-0.25, -0.2) is 4.98 Å². The van der Waals surface area contributed by atoms with E-state index in [0.29, 0.717) is 0 Å². The van der Waals surface area contributed by atoms with Gasteiger partial charge in [0.1, 0.15) is 5.69 Å². The normalized spacial score (nSPS) is 10.8. The van der Waals surface area contributed by atoms with Crippen LogP contribution in [0.15, 0.2) is 35.7 Å². The number of nitro benzene ring substituents is 1. The van der Waals surface area contributed by atoms with Gasteiger partial charge in [0.15, 0.2) is 5.16 Å². The fourth-order valence-electron chi connectivity index (χ4n) is 2.02. The quantitative estimate of drug-likeness (QED) is 0.497. The summed E-state index contributed by atoms with van der Waals surface area (Å²) in [5, 5.41) is 14.4. The largest absolute Gasteiger partial charge is 0.324 e. The van der Waals surface area contributed by atoms with Crippen molar-refractivity contribution >= 4 is 29.0 Å². The maximum Gasteiger partial charge on any atom is 0.293 e. The minimum Gasteiger partial charge on any atom is -0.324 e. The molecule has 0 radical (unpaired) electrons. The van der Waals surface area contributed by atoms with Crippen LogP contribution in [0.5, 0.6) is 0 Å². The zero-order chi connectivity index (χ0) is 17.0. The molecule has 0 saturated heterocycles. The summed E-state index contributed by atoms with van der Waals surface area (Å²) in [6.45, 7) is 5.82. The molecule has 1 heterocycles. The molecule has 0 aliphatic rings. The van der Waals surface area contributed by atoms with E-state index in [1.54, 1.807) is 25.3 Å². The molecule has 7 nitrogen and oxygen atoms in total. The van der Waals surface area contributed by atoms with E-state index < -0.39 is 4.92 Å². The topological polar surface area (TPSA) is 90.1 Å².